The maximum absolute atomic E-state index is 8.45. The Balaban J connectivity index is 0.000000103. The van der Waals surface area contributed by atoms with Gasteiger partial charge >= 0.3 is 0 Å². The fourth-order valence-electron chi connectivity index (χ4n) is 14.9. The van der Waals surface area contributed by atoms with E-state index in [1.54, 1.807) is 24.9 Å². The van der Waals surface area contributed by atoms with Crippen LogP contribution in [0.5, 0.6) is 0 Å². The molecule has 0 bridgehead atoms. The van der Waals surface area contributed by atoms with Gasteiger partial charge in [-0.05, 0) is 103 Å². The van der Waals surface area contributed by atoms with Crippen LogP contribution in [0.2, 0.25) is 0 Å². The van der Waals surface area contributed by atoms with E-state index in [0.29, 0.717) is 28.7 Å². The van der Waals surface area contributed by atoms with Gasteiger partial charge in [-0.25, -0.2) is 18.3 Å². The minimum Gasteiger partial charge on any atom is -0.425 e. The Hall–Kier alpha value is -13.3. The first-order valence-electron chi connectivity index (χ1n) is 36.9. The quantitative estimate of drug-likeness (QED) is 0.144. The maximum Gasteiger partial charge on any atom is 0.299 e. The molecule has 0 saturated heterocycles. The standard InChI is InChI=1S/C26H19N2O2.C23H21N2O2.C21H17N2O2.C20H15N2O2/c1-16-12-13-19-24-18-10-6-7-11-22(18)29-26(24)30-25(19)23(16)21-14-20(27-15-28(21)2)17-8-4-3-5-9-17;1-13(2)17-11-18(25(4)12-24-17)20-14(3)9-10-16-21-15-7-5-6-8-19(15)26-23(21)27-22(16)20;1-12-8-16-19(10-15(12)17-9-13(2)22-11-23(17)3)25-21-20(16)14-6-4-5-7-18(14)24-21;1-12-9-15-18(10-14(12)16-7-8-21-11-22(16)2)24-20-19(15)13-5-3-4-6-17(13)23-20/h3-15H,1-2H3;5-13H,1-4H3;4-11H,1-3H3;3-11H,1-2H3/q4*+1/i;1D3,13D;;. The van der Waals surface area contributed by atoms with Crippen LogP contribution in [0.4, 0.5) is 0 Å². The molecule has 12 heterocycles. The first-order valence-corrected chi connectivity index (χ1v) is 34.9. The summed E-state index contributed by atoms with van der Waals surface area (Å²) in [4.78, 5) is 17.4. The molecule has 9 aromatic carbocycles. The molecular formula is C90H72N8O8+4. The van der Waals surface area contributed by atoms with Crippen LogP contribution in [0.1, 0.15) is 58.8 Å². The first kappa shape index (κ1) is 60.3. The number of hydrogen-bond donors (Lipinski definition) is 0. The molecular weight excluding hydrogens is 1320 g/mol. The minimum atomic E-state index is -2.51. The van der Waals surface area contributed by atoms with Gasteiger partial charge in [0.05, 0.1) is 60.9 Å². The van der Waals surface area contributed by atoms with Crippen LogP contribution in [-0.4, -0.2) is 19.9 Å². The highest BCUT2D eigenvalue weighted by Crippen LogP contribution is 2.46. The van der Waals surface area contributed by atoms with Gasteiger partial charge in [-0.3, -0.25) is 0 Å². The van der Waals surface area contributed by atoms with Gasteiger partial charge in [0.25, 0.3) is 48.4 Å². The highest BCUT2D eigenvalue weighted by Gasteiger charge is 2.28. The number of rotatable bonds is 6. The van der Waals surface area contributed by atoms with Crippen molar-refractivity contribution in [3.63, 3.8) is 0 Å². The zero-order valence-corrected chi connectivity index (χ0v) is 59.8. The Labute approximate surface area is 612 Å². The van der Waals surface area contributed by atoms with Gasteiger partial charge in [-0.15, -0.1) is 0 Å². The summed E-state index contributed by atoms with van der Waals surface area (Å²) < 4.78 is 87.9. The van der Waals surface area contributed by atoms with Crippen LogP contribution in [0.3, 0.4) is 0 Å². The Morgan fingerprint density at radius 3 is 1.26 bits per heavy atom. The number of para-hydroxylation sites is 4. The lowest BCUT2D eigenvalue weighted by atomic mass is 9.99. The largest absolute Gasteiger partial charge is 0.425 e. The highest BCUT2D eigenvalue weighted by atomic mass is 16.5. The Morgan fingerprint density at radius 2 is 0.764 bits per heavy atom. The zero-order valence-electron chi connectivity index (χ0n) is 63.8. The summed E-state index contributed by atoms with van der Waals surface area (Å²) >= 11 is 0. The van der Waals surface area contributed by atoms with E-state index in [1.807, 2.05) is 188 Å². The molecule has 1 atom stereocenters. The van der Waals surface area contributed by atoms with Crippen molar-refractivity contribution in [2.75, 3.05) is 0 Å². The SMILES string of the molecule is Cc1cc(-c2cc3oc4oc5ccccc5c4c3cc2C)[n+](C)cn1.Cc1cc2c(cc1-c1ccnc[n+]1C)oc1oc3ccccc3c12.Cc1ccc2c(oc3oc4ccccc4c32)c1-c1cc(-c2ccccc2)nc[n+]1C.[2H]C([2H])([2H])C([2H])(C)c1cc(-c2c(C)ccc3c2oc2oc4ccccc4c23)[n+](C)cn1. The lowest BCUT2D eigenvalue weighted by Gasteiger charge is -2.09. The second-order valence-corrected chi connectivity index (χ2v) is 27.2. The van der Waals surface area contributed by atoms with Gasteiger partial charge in [0.1, 0.15) is 62.5 Å². The van der Waals surface area contributed by atoms with Gasteiger partial charge in [0, 0.05) is 102 Å². The zero-order chi connectivity index (χ0) is 75.8. The summed E-state index contributed by atoms with van der Waals surface area (Å²) in [7, 11) is 7.85. The van der Waals surface area contributed by atoms with Crippen molar-refractivity contribution in [1.82, 2.24) is 19.9 Å². The van der Waals surface area contributed by atoms with Crippen LogP contribution in [0.15, 0.2) is 267 Å². The van der Waals surface area contributed by atoms with Crippen LogP contribution in [-0.2, 0) is 28.2 Å². The van der Waals surface area contributed by atoms with Gasteiger partial charge in [0.15, 0.2) is 28.2 Å². The van der Waals surface area contributed by atoms with E-state index in [4.69, 9.17) is 40.8 Å². The lowest BCUT2D eigenvalue weighted by Crippen LogP contribution is -2.32. The van der Waals surface area contributed by atoms with Gasteiger partial charge in [-0.1, -0.05) is 156 Å². The molecule has 0 saturated carbocycles. The first-order chi connectivity index (χ1) is 53.1. The molecule has 0 amide bonds. The fraction of sp³-hybridized carbons (Fsp3) is 0.133. The molecule has 0 aliphatic heterocycles. The number of fused-ring (bicyclic) bond motifs is 20. The van der Waals surface area contributed by atoms with E-state index < -0.39 is 12.7 Å². The normalized spacial score (nSPS) is 13.0. The average Bonchev–Trinajstić information content (AvgIpc) is 1.58. The number of furan rings is 8. The Morgan fingerprint density at radius 1 is 0.349 bits per heavy atom. The molecule has 0 spiro atoms. The van der Waals surface area contributed by atoms with E-state index >= 15 is 0 Å². The molecule has 106 heavy (non-hydrogen) atoms. The van der Waals surface area contributed by atoms with Gasteiger partial charge in [-0.2, -0.15) is 0 Å². The molecule has 0 aliphatic carbocycles. The summed E-state index contributed by atoms with van der Waals surface area (Å²) in [6.45, 7) is 9.19. The highest BCUT2D eigenvalue weighted by molar-refractivity contribution is 6.22. The molecule has 0 fully saturated rings. The van der Waals surface area contributed by atoms with Crippen LogP contribution < -0.4 is 18.3 Å². The van der Waals surface area contributed by atoms with Crippen molar-refractivity contribution in [2.45, 2.75) is 54.3 Å². The molecule has 12 aromatic heterocycles. The van der Waals surface area contributed by atoms with Gasteiger partial charge < -0.3 is 35.3 Å². The third kappa shape index (κ3) is 10.9. The molecule has 0 N–H and O–H groups in total. The van der Waals surface area contributed by atoms with Crippen LogP contribution in [0.25, 0.3) is 189 Å². The molecule has 1 unspecified atom stereocenters. The topological polar surface area (TPSA) is 172 Å². The molecule has 0 aliphatic rings. The third-order valence-electron chi connectivity index (χ3n) is 20.2. The maximum atomic E-state index is 8.45. The summed E-state index contributed by atoms with van der Waals surface area (Å²) in [5, 5.41) is 12.4. The van der Waals surface area contributed by atoms with E-state index in [1.165, 1.54) is 18.1 Å². The summed E-state index contributed by atoms with van der Waals surface area (Å²) in [6, 6.07) is 66.9. The van der Waals surface area contributed by atoms with Crippen molar-refractivity contribution < 1.29 is 59.1 Å². The predicted octanol–water partition coefficient (Wildman–Crippen LogP) is 21.2. The number of benzene rings is 9. The molecule has 16 heteroatoms. The van der Waals surface area contributed by atoms with Crippen molar-refractivity contribution in [2.24, 2.45) is 28.2 Å². The average molecular weight is 1400 g/mol. The van der Waals surface area contributed by atoms with E-state index in [9.17, 15) is 0 Å². The second-order valence-electron chi connectivity index (χ2n) is 27.2. The van der Waals surface area contributed by atoms with E-state index in [2.05, 4.69) is 120 Å². The third-order valence-corrected chi connectivity index (χ3v) is 20.2. The molecule has 516 valence electrons. The fourth-order valence-corrected chi connectivity index (χ4v) is 14.9. The molecule has 0 radical (unpaired) electrons. The molecule has 21 aromatic rings. The Bertz CT molecular complexity index is 7270. The Kier molecular flexibility index (Phi) is 14.5. The van der Waals surface area contributed by atoms with Crippen molar-refractivity contribution in [1.29, 1.82) is 0 Å². The minimum absolute atomic E-state index is 0.178. The number of hydrogen-bond acceptors (Lipinski definition) is 12. The van der Waals surface area contributed by atoms with Crippen molar-refractivity contribution in [3.05, 3.63) is 265 Å². The predicted molar refractivity (Wildman–Crippen MR) is 415 cm³/mol. The number of aromatic nitrogens is 8. The second kappa shape index (κ2) is 25.6. The van der Waals surface area contributed by atoms with Crippen LogP contribution in [0, 0.1) is 34.6 Å². The number of aryl methyl sites for hydroxylation is 9. The van der Waals surface area contributed by atoms with Crippen molar-refractivity contribution >= 4 is 132 Å². The molecule has 16 nitrogen and oxygen atoms in total. The smallest absolute Gasteiger partial charge is 0.299 e. The molecule has 21 rings (SSSR count). The van der Waals surface area contributed by atoms with E-state index in [-0.39, 0.29) is 5.69 Å². The summed E-state index contributed by atoms with van der Waals surface area (Å²) in [5.74, 6) is 0.348. The number of nitrogens with zero attached hydrogens (tertiary/aromatic N) is 8. The van der Waals surface area contributed by atoms with Crippen molar-refractivity contribution in [3.8, 4) is 56.3 Å². The summed E-state index contributed by atoms with van der Waals surface area (Å²) in [5.41, 5.74) is 22.3. The van der Waals surface area contributed by atoms with Gasteiger partial charge in [0.2, 0.25) is 0 Å². The van der Waals surface area contributed by atoms with Crippen LogP contribution >= 0.6 is 0 Å². The van der Waals surface area contributed by atoms with E-state index in [0.717, 1.165) is 177 Å². The summed E-state index contributed by atoms with van der Waals surface area (Å²) in [6.07, 6.45) is 8.86. The lowest BCUT2D eigenvalue weighted by molar-refractivity contribution is -0.663. The monoisotopic (exact) mass is 1400 g/mol.